The van der Waals surface area contributed by atoms with Crippen molar-refractivity contribution >= 4 is 28.6 Å². The van der Waals surface area contributed by atoms with Gasteiger partial charge in [-0.25, -0.2) is 0 Å². The zero-order chi connectivity index (χ0) is 13.8. The molecular formula is C15H19ClN2S. The first-order valence-corrected chi connectivity index (χ1v) is 7.65. The third-order valence-electron chi connectivity index (χ3n) is 3.14. The predicted molar refractivity (Wildman–Crippen MR) is 85.0 cm³/mol. The topological polar surface area (TPSA) is 29.3 Å². The predicted octanol–water partition coefficient (Wildman–Crippen LogP) is 4.28. The second-order valence-electron chi connectivity index (χ2n) is 4.74. The van der Waals surface area contributed by atoms with Crippen molar-refractivity contribution in [1.82, 2.24) is 0 Å². The molecule has 0 saturated carbocycles. The third-order valence-corrected chi connectivity index (χ3v) is 4.35. The van der Waals surface area contributed by atoms with Crippen molar-refractivity contribution in [3.05, 3.63) is 51.2 Å². The maximum absolute atomic E-state index is 6.26. The molecule has 0 atom stereocenters. The summed E-state index contributed by atoms with van der Waals surface area (Å²) in [5, 5.41) is 2.85. The molecular weight excluding hydrogens is 276 g/mol. The molecule has 0 unspecified atom stereocenters. The Balaban J connectivity index is 2.36. The van der Waals surface area contributed by atoms with Crippen LogP contribution in [0.1, 0.15) is 24.3 Å². The molecule has 0 aliphatic carbocycles. The highest BCUT2D eigenvalue weighted by Crippen LogP contribution is 2.30. The maximum Gasteiger partial charge on any atom is 0.0525 e. The summed E-state index contributed by atoms with van der Waals surface area (Å²) in [5.74, 6) is 0. The molecule has 0 saturated heterocycles. The fraction of sp³-hybridized carbons (Fsp3) is 0.333. The summed E-state index contributed by atoms with van der Waals surface area (Å²) >= 11 is 8.03. The van der Waals surface area contributed by atoms with Crippen molar-refractivity contribution in [1.29, 1.82) is 0 Å². The van der Waals surface area contributed by atoms with Crippen LogP contribution in [0, 0.1) is 0 Å². The summed E-state index contributed by atoms with van der Waals surface area (Å²) in [7, 11) is 0. The van der Waals surface area contributed by atoms with Gasteiger partial charge in [0.25, 0.3) is 0 Å². The first-order chi connectivity index (χ1) is 9.13. The van der Waals surface area contributed by atoms with Gasteiger partial charge in [0.1, 0.15) is 0 Å². The normalized spacial score (nSPS) is 11.0. The number of nitrogens with two attached hydrogens (primary N) is 1. The summed E-state index contributed by atoms with van der Waals surface area (Å²) in [5.41, 5.74) is 8.01. The number of rotatable bonds is 5. The van der Waals surface area contributed by atoms with Gasteiger partial charge in [-0.15, -0.1) is 11.3 Å². The van der Waals surface area contributed by atoms with E-state index in [1.807, 2.05) is 12.1 Å². The first kappa shape index (κ1) is 14.4. The standard InChI is InChI=1S/C15H19ClN2S/c1-11(2)18(10-12-5-4-8-19-12)15-7-3-6-14(16)13(15)9-17/h3-8,11H,9-10,17H2,1-2H3. The minimum absolute atomic E-state index is 0.394. The van der Waals surface area contributed by atoms with Crippen molar-refractivity contribution < 1.29 is 0 Å². The Kier molecular flexibility index (Phi) is 4.86. The molecule has 0 fully saturated rings. The van der Waals surface area contributed by atoms with Gasteiger partial charge in [-0.3, -0.25) is 0 Å². The van der Waals surface area contributed by atoms with Gasteiger partial charge in [-0.1, -0.05) is 23.7 Å². The lowest BCUT2D eigenvalue weighted by atomic mass is 10.1. The smallest absolute Gasteiger partial charge is 0.0525 e. The number of halogens is 1. The highest BCUT2D eigenvalue weighted by Gasteiger charge is 2.16. The van der Waals surface area contributed by atoms with Crippen molar-refractivity contribution in [3.8, 4) is 0 Å². The average molecular weight is 295 g/mol. The van der Waals surface area contributed by atoms with Gasteiger partial charge in [-0.05, 0) is 37.4 Å². The molecule has 0 spiro atoms. The van der Waals surface area contributed by atoms with E-state index < -0.39 is 0 Å². The lowest BCUT2D eigenvalue weighted by Gasteiger charge is -2.30. The van der Waals surface area contributed by atoms with Crippen molar-refractivity contribution in [2.45, 2.75) is 33.0 Å². The van der Waals surface area contributed by atoms with Gasteiger partial charge in [0.15, 0.2) is 0 Å². The largest absolute Gasteiger partial charge is 0.364 e. The summed E-state index contributed by atoms with van der Waals surface area (Å²) in [6, 6.07) is 10.6. The highest BCUT2D eigenvalue weighted by atomic mass is 35.5. The summed E-state index contributed by atoms with van der Waals surface area (Å²) in [4.78, 5) is 3.69. The Morgan fingerprint density at radius 1 is 1.26 bits per heavy atom. The van der Waals surface area contributed by atoms with Gasteiger partial charge < -0.3 is 10.6 Å². The van der Waals surface area contributed by atoms with E-state index in [0.717, 1.165) is 22.8 Å². The highest BCUT2D eigenvalue weighted by molar-refractivity contribution is 7.09. The number of nitrogens with zero attached hydrogens (tertiary/aromatic N) is 1. The molecule has 0 amide bonds. The van der Waals surface area contributed by atoms with Gasteiger partial charge in [0.2, 0.25) is 0 Å². The fourth-order valence-corrected chi connectivity index (χ4v) is 3.08. The van der Waals surface area contributed by atoms with E-state index in [2.05, 4.69) is 42.3 Å². The van der Waals surface area contributed by atoms with Crippen LogP contribution in [-0.2, 0) is 13.1 Å². The zero-order valence-corrected chi connectivity index (χ0v) is 12.8. The molecule has 2 N–H and O–H groups in total. The first-order valence-electron chi connectivity index (χ1n) is 6.40. The third kappa shape index (κ3) is 3.30. The number of benzene rings is 1. The van der Waals surface area contributed by atoms with E-state index in [9.17, 15) is 0 Å². The Morgan fingerprint density at radius 3 is 2.63 bits per heavy atom. The van der Waals surface area contributed by atoms with E-state index in [-0.39, 0.29) is 0 Å². The molecule has 0 aliphatic heterocycles. The number of hydrogen-bond acceptors (Lipinski definition) is 3. The number of hydrogen-bond donors (Lipinski definition) is 1. The van der Waals surface area contributed by atoms with E-state index in [4.69, 9.17) is 17.3 Å². The summed E-state index contributed by atoms with van der Waals surface area (Å²) < 4.78 is 0. The van der Waals surface area contributed by atoms with Crippen LogP contribution in [0.15, 0.2) is 35.7 Å². The van der Waals surface area contributed by atoms with Crippen LogP contribution in [-0.4, -0.2) is 6.04 Å². The van der Waals surface area contributed by atoms with Crippen molar-refractivity contribution in [3.63, 3.8) is 0 Å². The number of anilines is 1. The number of thiophene rings is 1. The SMILES string of the molecule is CC(C)N(Cc1cccs1)c1cccc(Cl)c1CN. The van der Waals surface area contributed by atoms with E-state index in [0.29, 0.717) is 12.6 Å². The van der Waals surface area contributed by atoms with E-state index in [1.165, 1.54) is 4.88 Å². The van der Waals surface area contributed by atoms with E-state index >= 15 is 0 Å². The fourth-order valence-electron chi connectivity index (χ4n) is 2.13. The molecule has 1 aromatic heterocycles. The molecule has 0 radical (unpaired) electrons. The van der Waals surface area contributed by atoms with Crippen LogP contribution in [0.2, 0.25) is 5.02 Å². The second kappa shape index (κ2) is 6.42. The van der Waals surface area contributed by atoms with E-state index in [1.54, 1.807) is 11.3 Å². The van der Waals surface area contributed by atoms with Crippen LogP contribution in [0.3, 0.4) is 0 Å². The summed E-state index contributed by atoms with van der Waals surface area (Å²) in [6.07, 6.45) is 0. The van der Waals surface area contributed by atoms with Crippen LogP contribution < -0.4 is 10.6 Å². The molecule has 2 rings (SSSR count). The Bertz CT molecular complexity index is 523. The Hall–Kier alpha value is -1.03. The lowest BCUT2D eigenvalue weighted by molar-refractivity contribution is 0.683. The summed E-state index contributed by atoms with van der Waals surface area (Å²) in [6.45, 7) is 5.73. The molecule has 0 aliphatic rings. The van der Waals surface area contributed by atoms with Gasteiger partial charge in [-0.2, -0.15) is 0 Å². The van der Waals surface area contributed by atoms with Crippen LogP contribution in [0.4, 0.5) is 5.69 Å². The zero-order valence-electron chi connectivity index (χ0n) is 11.3. The average Bonchev–Trinajstić information content (AvgIpc) is 2.88. The van der Waals surface area contributed by atoms with Crippen LogP contribution in [0.25, 0.3) is 0 Å². The Labute approximate surface area is 123 Å². The lowest BCUT2D eigenvalue weighted by Crippen LogP contribution is -2.31. The van der Waals surface area contributed by atoms with Crippen molar-refractivity contribution in [2.24, 2.45) is 5.73 Å². The van der Waals surface area contributed by atoms with Gasteiger partial charge >= 0.3 is 0 Å². The van der Waals surface area contributed by atoms with Gasteiger partial charge in [0, 0.05) is 33.7 Å². The molecule has 2 aromatic rings. The monoisotopic (exact) mass is 294 g/mol. The van der Waals surface area contributed by atoms with Crippen LogP contribution in [0.5, 0.6) is 0 Å². The van der Waals surface area contributed by atoms with Crippen LogP contribution >= 0.6 is 22.9 Å². The second-order valence-corrected chi connectivity index (χ2v) is 6.18. The van der Waals surface area contributed by atoms with Crippen molar-refractivity contribution in [2.75, 3.05) is 4.90 Å². The quantitative estimate of drug-likeness (QED) is 0.892. The minimum Gasteiger partial charge on any atom is -0.364 e. The van der Waals surface area contributed by atoms with Gasteiger partial charge in [0.05, 0.1) is 6.54 Å². The molecule has 4 heteroatoms. The molecule has 2 nitrogen and oxygen atoms in total. The molecule has 0 bridgehead atoms. The molecule has 19 heavy (non-hydrogen) atoms. The molecule has 102 valence electrons. The maximum atomic E-state index is 6.26. The molecule has 1 aromatic carbocycles. The molecule has 1 heterocycles. The Morgan fingerprint density at radius 2 is 2.05 bits per heavy atom. The minimum atomic E-state index is 0.394.